The summed E-state index contributed by atoms with van der Waals surface area (Å²) < 4.78 is 0. The number of carbonyl (C=O) groups is 1. The van der Waals surface area contributed by atoms with Crippen molar-refractivity contribution in [3.8, 4) is 0 Å². The Morgan fingerprint density at radius 3 is 2.59 bits per heavy atom. The zero-order chi connectivity index (χ0) is 20.1. The molecule has 0 radical (unpaired) electrons. The lowest BCUT2D eigenvalue weighted by Crippen LogP contribution is -2.34. The lowest BCUT2D eigenvalue weighted by molar-refractivity contribution is -0.131. The molecule has 1 amide bonds. The van der Waals surface area contributed by atoms with E-state index in [1.54, 1.807) is 18.0 Å². The number of hydrogen-bond acceptors (Lipinski definition) is 5. The van der Waals surface area contributed by atoms with Gasteiger partial charge in [-0.25, -0.2) is 0 Å². The molecule has 0 aliphatic heterocycles. The van der Waals surface area contributed by atoms with E-state index in [-0.39, 0.29) is 11.8 Å². The second-order valence-corrected chi connectivity index (χ2v) is 7.73. The van der Waals surface area contributed by atoms with Gasteiger partial charge in [0.15, 0.2) is 0 Å². The fourth-order valence-corrected chi connectivity index (χ4v) is 3.84. The molecule has 0 aliphatic rings. The van der Waals surface area contributed by atoms with Gasteiger partial charge in [0.1, 0.15) is 0 Å². The molecule has 0 saturated carbocycles. The van der Waals surface area contributed by atoms with Crippen LogP contribution < -0.4 is 11.1 Å². The van der Waals surface area contributed by atoms with Gasteiger partial charge in [-0.3, -0.25) is 9.78 Å². The summed E-state index contributed by atoms with van der Waals surface area (Å²) in [6.45, 7) is 14.5. The van der Waals surface area contributed by atoms with E-state index < -0.39 is 0 Å². The van der Waals surface area contributed by atoms with Crippen molar-refractivity contribution >= 4 is 23.2 Å². The van der Waals surface area contributed by atoms with E-state index in [1.807, 2.05) is 23.2 Å². The summed E-state index contributed by atoms with van der Waals surface area (Å²) in [5.41, 5.74) is 7.51. The van der Waals surface area contributed by atoms with Crippen molar-refractivity contribution in [3.05, 3.63) is 49.1 Å². The molecule has 0 bridgehead atoms. The van der Waals surface area contributed by atoms with E-state index in [0.29, 0.717) is 12.2 Å². The highest BCUT2D eigenvalue weighted by molar-refractivity contribution is 7.99. The van der Waals surface area contributed by atoms with Crippen LogP contribution in [0.25, 0.3) is 5.57 Å². The Balaban J connectivity index is 2.75. The molecule has 0 saturated heterocycles. The van der Waals surface area contributed by atoms with Crippen molar-refractivity contribution in [2.45, 2.75) is 33.1 Å². The van der Waals surface area contributed by atoms with Gasteiger partial charge in [0.05, 0.1) is 5.82 Å². The second-order valence-electron chi connectivity index (χ2n) is 6.58. The zero-order valence-corrected chi connectivity index (χ0v) is 17.6. The first-order valence-electron chi connectivity index (χ1n) is 9.62. The third-order valence-corrected chi connectivity index (χ3v) is 5.33. The number of thioether (sulfide) groups is 1. The predicted octanol–water partition coefficient (Wildman–Crippen LogP) is 3.50. The molecule has 0 spiro atoms. The Bertz CT molecular complexity index is 585. The standard InChI is InChI=1S/C21H34N4OS/c1-5-11-25(12-6-2)21(26)14-20(16-27-13-10-24-18(4)22)17(3)19-8-7-9-23-15-19/h7-9,15,20,24H,3-6,10-14,16,22H2,1-2H3. The van der Waals surface area contributed by atoms with Crippen LogP contribution in [0.1, 0.15) is 38.7 Å². The van der Waals surface area contributed by atoms with Gasteiger partial charge < -0.3 is 16.0 Å². The molecule has 0 fully saturated rings. The molecule has 1 atom stereocenters. The van der Waals surface area contributed by atoms with Gasteiger partial charge in [0.2, 0.25) is 5.91 Å². The minimum Gasteiger partial charge on any atom is -0.386 e. The molecule has 5 nitrogen and oxygen atoms in total. The topological polar surface area (TPSA) is 71.2 Å². The van der Waals surface area contributed by atoms with Crippen LogP contribution in [0.4, 0.5) is 0 Å². The van der Waals surface area contributed by atoms with E-state index in [2.05, 4.69) is 37.3 Å². The van der Waals surface area contributed by atoms with E-state index in [1.165, 1.54) is 0 Å². The maximum Gasteiger partial charge on any atom is 0.223 e. The summed E-state index contributed by atoms with van der Waals surface area (Å²) >= 11 is 1.80. The number of nitrogens with zero attached hydrogens (tertiary/aromatic N) is 2. The van der Waals surface area contributed by atoms with Crippen molar-refractivity contribution in [3.63, 3.8) is 0 Å². The molecule has 1 aromatic heterocycles. The molecule has 27 heavy (non-hydrogen) atoms. The van der Waals surface area contributed by atoms with Crippen LogP contribution >= 0.6 is 11.8 Å². The number of allylic oxidation sites excluding steroid dienone is 1. The van der Waals surface area contributed by atoms with Crippen molar-refractivity contribution < 1.29 is 4.79 Å². The first-order chi connectivity index (χ1) is 13.0. The van der Waals surface area contributed by atoms with Crippen LogP contribution in [0, 0.1) is 5.92 Å². The normalized spacial score (nSPS) is 11.6. The number of aromatic nitrogens is 1. The summed E-state index contributed by atoms with van der Waals surface area (Å²) in [5, 5.41) is 3.03. The van der Waals surface area contributed by atoms with Gasteiger partial charge in [-0.15, -0.1) is 0 Å². The fourth-order valence-electron chi connectivity index (χ4n) is 2.82. The lowest BCUT2D eigenvalue weighted by atomic mass is 9.93. The number of nitrogens with one attached hydrogen (secondary N) is 1. The average molecular weight is 391 g/mol. The van der Waals surface area contributed by atoms with Crippen LogP contribution in [0.3, 0.4) is 0 Å². The van der Waals surface area contributed by atoms with Gasteiger partial charge in [0, 0.05) is 55.9 Å². The highest BCUT2D eigenvalue weighted by atomic mass is 32.2. The largest absolute Gasteiger partial charge is 0.386 e. The monoisotopic (exact) mass is 390 g/mol. The number of hydrogen-bond donors (Lipinski definition) is 2. The number of amides is 1. The Labute approximate surface area is 168 Å². The van der Waals surface area contributed by atoms with Crippen molar-refractivity contribution in [2.24, 2.45) is 11.7 Å². The number of pyridine rings is 1. The second kappa shape index (κ2) is 13.3. The van der Waals surface area contributed by atoms with E-state index in [0.717, 1.165) is 55.1 Å². The average Bonchev–Trinajstić information content (AvgIpc) is 2.66. The minimum atomic E-state index is 0.0870. The number of rotatable bonds is 14. The van der Waals surface area contributed by atoms with Crippen LogP contribution in [0.5, 0.6) is 0 Å². The first kappa shape index (κ1) is 23.1. The Morgan fingerprint density at radius 2 is 2.04 bits per heavy atom. The van der Waals surface area contributed by atoms with Gasteiger partial charge in [-0.1, -0.05) is 33.1 Å². The van der Waals surface area contributed by atoms with E-state index in [4.69, 9.17) is 5.73 Å². The van der Waals surface area contributed by atoms with Crippen LogP contribution in [-0.4, -0.2) is 46.9 Å². The molecule has 3 N–H and O–H groups in total. The highest BCUT2D eigenvalue weighted by Gasteiger charge is 2.21. The smallest absolute Gasteiger partial charge is 0.223 e. The molecule has 150 valence electrons. The molecular weight excluding hydrogens is 356 g/mol. The predicted molar refractivity (Wildman–Crippen MR) is 117 cm³/mol. The maximum atomic E-state index is 12.9. The summed E-state index contributed by atoms with van der Waals surface area (Å²) in [7, 11) is 0. The lowest BCUT2D eigenvalue weighted by Gasteiger charge is -2.25. The van der Waals surface area contributed by atoms with Crippen molar-refractivity contribution in [1.82, 2.24) is 15.2 Å². The number of carbonyl (C=O) groups excluding carboxylic acids is 1. The van der Waals surface area contributed by atoms with Gasteiger partial charge >= 0.3 is 0 Å². The highest BCUT2D eigenvalue weighted by Crippen LogP contribution is 2.28. The molecule has 0 aliphatic carbocycles. The molecule has 1 aromatic rings. The van der Waals surface area contributed by atoms with Crippen LogP contribution in [0.2, 0.25) is 0 Å². The molecule has 6 heteroatoms. The summed E-state index contributed by atoms with van der Waals surface area (Å²) in [6, 6.07) is 3.91. The molecule has 1 unspecified atom stereocenters. The van der Waals surface area contributed by atoms with Crippen molar-refractivity contribution in [2.75, 3.05) is 31.1 Å². The molecule has 1 heterocycles. The zero-order valence-electron chi connectivity index (χ0n) is 16.7. The van der Waals surface area contributed by atoms with Crippen LogP contribution in [-0.2, 0) is 4.79 Å². The summed E-state index contributed by atoms with van der Waals surface area (Å²) in [6.07, 6.45) is 6.01. The molecule has 1 rings (SSSR count). The van der Waals surface area contributed by atoms with E-state index in [9.17, 15) is 4.79 Å². The van der Waals surface area contributed by atoms with Crippen molar-refractivity contribution in [1.29, 1.82) is 0 Å². The number of nitrogens with two attached hydrogens (primary N) is 1. The summed E-state index contributed by atoms with van der Waals surface area (Å²) in [4.78, 5) is 19.0. The maximum absolute atomic E-state index is 12.9. The van der Waals surface area contributed by atoms with Crippen LogP contribution in [0.15, 0.2) is 43.5 Å². The van der Waals surface area contributed by atoms with Gasteiger partial charge in [-0.2, -0.15) is 11.8 Å². The van der Waals surface area contributed by atoms with Gasteiger partial charge in [-0.05, 0) is 30.0 Å². The SMILES string of the molecule is C=C(N)NCCSCC(CC(=O)N(CCC)CCC)C(=C)c1cccnc1. The Kier molecular flexibility index (Phi) is 11.3. The summed E-state index contributed by atoms with van der Waals surface area (Å²) in [5.74, 6) is 2.52. The third kappa shape index (κ3) is 9.00. The van der Waals surface area contributed by atoms with E-state index >= 15 is 0 Å². The van der Waals surface area contributed by atoms with Gasteiger partial charge in [0.25, 0.3) is 0 Å². The third-order valence-electron chi connectivity index (χ3n) is 4.20. The quantitative estimate of drug-likeness (QED) is 0.476. The molecule has 0 aromatic carbocycles. The molecular formula is C21H34N4OS. The Morgan fingerprint density at radius 1 is 1.33 bits per heavy atom. The fraction of sp³-hybridized carbons (Fsp3) is 0.524. The first-order valence-corrected chi connectivity index (χ1v) is 10.8. The minimum absolute atomic E-state index is 0.0870. The Hall–Kier alpha value is -1.95.